The van der Waals surface area contributed by atoms with Gasteiger partial charge in [-0.25, -0.2) is 0 Å². The van der Waals surface area contributed by atoms with Crippen LogP contribution in [-0.4, -0.2) is 18.2 Å². The number of allylic oxidation sites excluding steroid dienone is 4. The van der Waals surface area contributed by atoms with Crippen molar-refractivity contribution in [3.63, 3.8) is 0 Å². The molecule has 0 aliphatic heterocycles. The van der Waals surface area contributed by atoms with Gasteiger partial charge in [0.2, 0.25) is 5.78 Å². The van der Waals surface area contributed by atoms with Crippen LogP contribution < -0.4 is 5.32 Å². The van der Waals surface area contributed by atoms with Crippen LogP contribution >= 0.6 is 0 Å². The molecule has 0 bridgehead atoms. The van der Waals surface area contributed by atoms with E-state index in [0.29, 0.717) is 12.5 Å². The highest BCUT2D eigenvalue weighted by Gasteiger charge is 2.04. The van der Waals surface area contributed by atoms with E-state index >= 15 is 0 Å². The second-order valence-electron chi connectivity index (χ2n) is 4.61. The lowest BCUT2D eigenvalue weighted by Crippen LogP contribution is -2.30. The normalized spacial score (nSPS) is 11.5. The van der Waals surface area contributed by atoms with Crippen LogP contribution in [0.15, 0.2) is 49.1 Å². The van der Waals surface area contributed by atoms with E-state index in [4.69, 9.17) is 0 Å². The van der Waals surface area contributed by atoms with Gasteiger partial charge >= 0.3 is 0 Å². The maximum absolute atomic E-state index is 10.5. The van der Waals surface area contributed by atoms with E-state index in [2.05, 4.69) is 38.9 Å². The largest absolute Gasteiger partial charge is 0.346 e. The van der Waals surface area contributed by atoms with Gasteiger partial charge in [-0.15, -0.1) is 0 Å². The van der Waals surface area contributed by atoms with Crippen molar-refractivity contribution in [2.45, 2.75) is 34.1 Å². The molecule has 0 aliphatic rings. The maximum Gasteiger partial charge on any atom is 0.287 e. The van der Waals surface area contributed by atoms with Crippen molar-refractivity contribution < 1.29 is 9.59 Å². The first-order valence-corrected chi connectivity index (χ1v) is 6.68. The lowest BCUT2D eigenvalue weighted by atomic mass is 9.98. The summed E-state index contributed by atoms with van der Waals surface area (Å²) in [4.78, 5) is 20.9. The molecule has 0 saturated carbocycles. The molecule has 0 heterocycles. The highest BCUT2D eigenvalue weighted by molar-refractivity contribution is 6.35. The monoisotopic (exact) mass is 277 g/mol. The van der Waals surface area contributed by atoms with Crippen LogP contribution in [0.2, 0.25) is 0 Å². The topological polar surface area (TPSA) is 46.2 Å². The zero-order chi connectivity index (χ0) is 16.1. The molecule has 0 spiro atoms. The Hall–Kier alpha value is -1.90. The summed E-state index contributed by atoms with van der Waals surface area (Å²) in [5.41, 5.74) is 2.10. The van der Waals surface area contributed by atoms with Gasteiger partial charge in [0.15, 0.2) is 0 Å². The Morgan fingerprint density at radius 3 is 2.10 bits per heavy atom. The van der Waals surface area contributed by atoms with E-state index in [1.165, 1.54) is 12.5 Å². The summed E-state index contributed by atoms with van der Waals surface area (Å²) in [6.45, 7) is 18.7. The first kappa shape index (κ1) is 20.4. The zero-order valence-corrected chi connectivity index (χ0v) is 13.2. The molecule has 0 rings (SSSR count). The van der Waals surface area contributed by atoms with Crippen molar-refractivity contribution in [2.24, 2.45) is 5.92 Å². The number of amides is 1. The Balaban J connectivity index is 0. The highest BCUT2D eigenvalue weighted by atomic mass is 16.2. The molecule has 1 atom stereocenters. The Kier molecular flexibility index (Phi) is 12.4. The van der Waals surface area contributed by atoms with E-state index in [1.807, 2.05) is 18.2 Å². The fraction of sp³-hybridized carbons (Fsp3) is 0.412. The molecule has 3 nitrogen and oxygen atoms in total. The summed E-state index contributed by atoms with van der Waals surface area (Å²) in [6.07, 6.45) is 6.88. The summed E-state index contributed by atoms with van der Waals surface area (Å²) in [5, 5.41) is 2.39. The fourth-order valence-corrected chi connectivity index (χ4v) is 1.16. The minimum absolute atomic E-state index is 0.373. The van der Waals surface area contributed by atoms with Crippen LogP contribution in [0.1, 0.15) is 34.1 Å². The maximum atomic E-state index is 10.5. The smallest absolute Gasteiger partial charge is 0.287 e. The molecule has 0 aromatic rings. The predicted molar refractivity (Wildman–Crippen MR) is 86.4 cm³/mol. The van der Waals surface area contributed by atoms with Crippen molar-refractivity contribution in [3.8, 4) is 0 Å². The van der Waals surface area contributed by atoms with Gasteiger partial charge in [-0.2, -0.15) is 0 Å². The van der Waals surface area contributed by atoms with Gasteiger partial charge in [0.1, 0.15) is 0 Å². The molecule has 20 heavy (non-hydrogen) atoms. The average Bonchev–Trinajstić information content (AvgIpc) is 2.41. The Morgan fingerprint density at radius 1 is 1.25 bits per heavy atom. The molecule has 1 amide bonds. The number of rotatable bonds is 7. The third-order valence-electron chi connectivity index (χ3n) is 2.60. The van der Waals surface area contributed by atoms with Crippen LogP contribution in [0.25, 0.3) is 0 Å². The van der Waals surface area contributed by atoms with Gasteiger partial charge < -0.3 is 5.32 Å². The lowest BCUT2D eigenvalue weighted by molar-refractivity contribution is -0.136. The number of Topliss-reactive ketones (excluding diaryl/α,β-unsaturated/α-hetero) is 1. The molecule has 3 heteroatoms. The Morgan fingerprint density at radius 2 is 1.80 bits per heavy atom. The van der Waals surface area contributed by atoms with Crippen LogP contribution in [0, 0.1) is 5.92 Å². The van der Waals surface area contributed by atoms with Crippen molar-refractivity contribution in [2.75, 3.05) is 6.54 Å². The Bertz CT molecular complexity index is 392. The number of hydrogen-bond donors (Lipinski definition) is 1. The lowest BCUT2D eigenvalue weighted by Gasteiger charge is -2.07. The molecule has 112 valence electrons. The summed E-state index contributed by atoms with van der Waals surface area (Å²) < 4.78 is 0. The molecule has 0 aromatic heterocycles. The van der Waals surface area contributed by atoms with E-state index in [-0.39, 0.29) is 0 Å². The molecule has 0 aromatic carbocycles. The summed E-state index contributed by atoms with van der Waals surface area (Å²) in [7, 11) is 0. The SMILES string of the molecule is C=C(C)CNC(=O)C(C)=O.C=C/C=C(\C=C)C(C)CC. The van der Waals surface area contributed by atoms with Gasteiger partial charge in [-0.1, -0.05) is 57.4 Å². The first-order chi connectivity index (χ1) is 9.29. The van der Waals surface area contributed by atoms with Gasteiger partial charge in [0.25, 0.3) is 5.91 Å². The van der Waals surface area contributed by atoms with E-state index in [1.54, 1.807) is 6.92 Å². The second kappa shape index (κ2) is 12.2. The number of hydrogen-bond acceptors (Lipinski definition) is 2. The zero-order valence-electron chi connectivity index (χ0n) is 13.2. The van der Waals surface area contributed by atoms with E-state index in [9.17, 15) is 9.59 Å². The van der Waals surface area contributed by atoms with Crippen LogP contribution in [-0.2, 0) is 9.59 Å². The van der Waals surface area contributed by atoms with Crippen LogP contribution in [0.5, 0.6) is 0 Å². The number of carbonyl (C=O) groups excluding carboxylic acids is 2. The quantitative estimate of drug-likeness (QED) is 0.439. The molecule has 0 aliphatic carbocycles. The van der Waals surface area contributed by atoms with Crippen LogP contribution in [0.4, 0.5) is 0 Å². The predicted octanol–water partition coefficient (Wildman–Crippen LogP) is 3.60. The minimum atomic E-state index is -0.553. The van der Waals surface area contributed by atoms with Crippen LogP contribution in [0.3, 0.4) is 0 Å². The molecule has 1 N–H and O–H groups in total. The highest BCUT2D eigenvalue weighted by Crippen LogP contribution is 2.14. The van der Waals surface area contributed by atoms with E-state index < -0.39 is 11.7 Å². The van der Waals surface area contributed by atoms with Crippen molar-refractivity contribution in [1.29, 1.82) is 0 Å². The van der Waals surface area contributed by atoms with Crippen molar-refractivity contribution in [3.05, 3.63) is 49.1 Å². The molecule has 0 saturated heterocycles. The standard InChI is InChI=1S/C10H16.C7H11NO2/c1-5-8-10(7-3)9(4)6-2;1-5(2)4-8-7(10)6(3)9/h5,7-9H,1,3,6H2,2,4H3;1,4H2,2-3H3,(H,8,10)/b10-8+;. The molecule has 0 fully saturated rings. The third kappa shape index (κ3) is 11.2. The second-order valence-corrected chi connectivity index (χ2v) is 4.61. The van der Waals surface area contributed by atoms with Gasteiger partial charge in [0.05, 0.1) is 0 Å². The fourth-order valence-electron chi connectivity index (χ4n) is 1.16. The minimum Gasteiger partial charge on any atom is -0.346 e. The summed E-state index contributed by atoms with van der Waals surface area (Å²) >= 11 is 0. The number of ketones is 1. The molecular weight excluding hydrogens is 250 g/mol. The molecule has 1 unspecified atom stereocenters. The first-order valence-electron chi connectivity index (χ1n) is 6.68. The summed E-state index contributed by atoms with van der Waals surface area (Å²) in [5.74, 6) is -0.417. The molecule has 0 radical (unpaired) electrons. The molecular formula is C17H27NO2. The van der Waals surface area contributed by atoms with Gasteiger partial charge in [-0.3, -0.25) is 9.59 Å². The van der Waals surface area contributed by atoms with Crippen molar-refractivity contribution in [1.82, 2.24) is 5.32 Å². The Labute approximate surface area is 123 Å². The van der Waals surface area contributed by atoms with Gasteiger partial charge in [-0.05, 0) is 24.8 Å². The number of nitrogens with one attached hydrogen (secondary N) is 1. The van der Waals surface area contributed by atoms with Crippen molar-refractivity contribution >= 4 is 11.7 Å². The number of carbonyl (C=O) groups is 2. The van der Waals surface area contributed by atoms with Gasteiger partial charge in [0, 0.05) is 13.5 Å². The third-order valence-corrected chi connectivity index (χ3v) is 2.60. The van der Waals surface area contributed by atoms with E-state index in [0.717, 1.165) is 12.0 Å². The average molecular weight is 277 g/mol. The summed E-state index contributed by atoms with van der Waals surface area (Å²) in [6, 6.07) is 0.